The van der Waals surface area contributed by atoms with Crippen LogP contribution >= 0.6 is 0 Å². The molecule has 0 spiro atoms. The number of aliphatic hydroxyl groups is 2. The summed E-state index contributed by atoms with van der Waals surface area (Å²) in [6.07, 6.45) is -8.65. The molecule has 2 N–H and O–H groups in total. The first kappa shape index (κ1) is 23.7. The Morgan fingerprint density at radius 2 is 1.94 bits per heavy atom. The smallest absolute Gasteiger partial charge is 0.416 e. The molecule has 0 bridgehead atoms. The number of carbonyl (C=O) groups is 2. The van der Waals surface area contributed by atoms with Gasteiger partial charge in [0.25, 0.3) is 11.8 Å². The molecule has 0 unspecified atom stereocenters. The number of aliphatic hydroxyl groups excluding tert-OH is 2. The van der Waals surface area contributed by atoms with Crippen molar-refractivity contribution in [3.05, 3.63) is 35.5 Å². The molecule has 0 saturated carbocycles. The van der Waals surface area contributed by atoms with Gasteiger partial charge in [-0.3, -0.25) is 19.4 Å². The molecule has 1 saturated heterocycles. The van der Waals surface area contributed by atoms with Crippen molar-refractivity contribution in [3.63, 3.8) is 0 Å². The van der Waals surface area contributed by atoms with E-state index in [1.54, 1.807) is 13.1 Å². The van der Waals surface area contributed by atoms with Gasteiger partial charge in [0, 0.05) is 19.8 Å². The third-order valence-electron chi connectivity index (χ3n) is 5.73. The van der Waals surface area contributed by atoms with Gasteiger partial charge in [0.05, 0.1) is 12.1 Å². The molecule has 2 aliphatic rings. The summed E-state index contributed by atoms with van der Waals surface area (Å²) >= 11 is 0. The van der Waals surface area contributed by atoms with Crippen LogP contribution < -0.4 is 19.4 Å². The molecule has 182 valence electrons. The van der Waals surface area contributed by atoms with Gasteiger partial charge in [0.2, 0.25) is 0 Å². The van der Waals surface area contributed by atoms with E-state index in [1.807, 2.05) is 4.90 Å². The van der Waals surface area contributed by atoms with E-state index in [9.17, 15) is 33.0 Å². The van der Waals surface area contributed by atoms with E-state index in [-0.39, 0.29) is 11.5 Å². The molecule has 2 aliphatic heterocycles. The molecule has 3 atom stereocenters. The SMILES string of the molecule is Cc1cc(C(F)(F)F)cc(N2C(=O)[C@@H](O)[C@@H](O)[C@H]2C(=O)N(C)c2ccc3c(n2)N(C)CCO3)n1. The zero-order valence-corrected chi connectivity index (χ0v) is 18.4. The second-order valence-corrected chi connectivity index (χ2v) is 8.10. The van der Waals surface area contributed by atoms with Crippen molar-refractivity contribution in [1.29, 1.82) is 0 Å². The Morgan fingerprint density at radius 3 is 2.62 bits per heavy atom. The lowest BCUT2D eigenvalue weighted by Gasteiger charge is -2.30. The van der Waals surface area contributed by atoms with Gasteiger partial charge in [-0.05, 0) is 31.2 Å². The first-order valence-corrected chi connectivity index (χ1v) is 10.3. The van der Waals surface area contributed by atoms with Crippen LogP contribution in [-0.4, -0.2) is 77.5 Å². The highest BCUT2D eigenvalue weighted by Crippen LogP contribution is 2.35. The van der Waals surface area contributed by atoms with Gasteiger partial charge >= 0.3 is 6.18 Å². The number of ether oxygens (including phenoxy) is 1. The van der Waals surface area contributed by atoms with Gasteiger partial charge in [0.1, 0.15) is 30.4 Å². The van der Waals surface area contributed by atoms with E-state index in [1.165, 1.54) is 20.0 Å². The molecular formula is C21H22F3N5O5. The monoisotopic (exact) mass is 481 g/mol. The standard InChI is InChI=1S/C21H22F3N5O5/c1-10-8-11(21(22,23)24)9-14(25-10)29-15(16(30)17(31)20(29)33)19(32)28(3)13-5-4-12-18(26-13)27(2)6-7-34-12/h4-5,8-9,15-17,30-31H,6-7H2,1-3H3/t15-,16-,17-/m0/s1. The Kier molecular flexibility index (Phi) is 5.85. The number of likely N-dealkylation sites (N-methyl/N-ethyl adjacent to an activating group) is 2. The average molecular weight is 481 g/mol. The lowest BCUT2D eigenvalue weighted by molar-refractivity contribution is -0.137. The van der Waals surface area contributed by atoms with Gasteiger partial charge in [0.15, 0.2) is 17.7 Å². The third-order valence-corrected chi connectivity index (χ3v) is 5.73. The van der Waals surface area contributed by atoms with Crippen molar-refractivity contribution in [3.8, 4) is 5.75 Å². The second kappa shape index (κ2) is 8.40. The maximum Gasteiger partial charge on any atom is 0.416 e. The fourth-order valence-electron chi connectivity index (χ4n) is 3.91. The number of fused-ring (bicyclic) bond motifs is 1. The van der Waals surface area contributed by atoms with Crippen LogP contribution in [0.2, 0.25) is 0 Å². The molecule has 2 aromatic rings. The van der Waals surface area contributed by atoms with E-state index in [0.29, 0.717) is 35.7 Å². The van der Waals surface area contributed by atoms with Crippen LogP contribution in [0.3, 0.4) is 0 Å². The molecule has 13 heteroatoms. The number of hydrogen-bond donors (Lipinski definition) is 2. The Hall–Kier alpha value is -3.45. The van der Waals surface area contributed by atoms with Gasteiger partial charge in [-0.15, -0.1) is 0 Å². The number of rotatable bonds is 3. The van der Waals surface area contributed by atoms with Crippen LogP contribution in [0.5, 0.6) is 5.75 Å². The van der Waals surface area contributed by atoms with E-state index < -0.39 is 47.6 Å². The predicted molar refractivity (Wildman–Crippen MR) is 114 cm³/mol. The lowest BCUT2D eigenvalue weighted by Crippen LogP contribution is -2.50. The van der Waals surface area contributed by atoms with Crippen molar-refractivity contribution in [2.75, 3.05) is 41.9 Å². The summed E-state index contributed by atoms with van der Waals surface area (Å²) in [5.74, 6) is -1.40. The molecule has 1 fully saturated rings. The minimum Gasteiger partial charge on any atom is -0.488 e. The highest BCUT2D eigenvalue weighted by atomic mass is 19.4. The lowest BCUT2D eigenvalue weighted by atomic mass is 10.1. The number of carbonyl (C=O) groups excluding carboxylic acids is 2. The minimum atomic E-state index is -4.74. The van der Waals surface area contributed by atoms with Crippen LogP contribution in [0.15, 0.2) is 24.3 Å². The highest BCUT2D eigenvalue weighted by Gasteiger charge is 2.53. The van der Waals surface area contributed by atoms with Crippen LogP contribution in [0.25, 0.3) is 0 Å². The molecule has 10 nitrogen and oxygen atoms in total. The minimum absolute atomic E-state index is 0.0625. The summed E-state index contributed by atoms with van der Waals surface area (Å²) in [6.45, 7) is 2.33. The van der Waals surface area contributed by atoms with Crippen molar-refractivity contribution >= 4 is 29.3 Å². The van der Waals surface area contributed by atoms with Crippen LogP contribution in [0, 0.1) is 6.92 Å². The number of nitrogens with zero attached hydrogens (tertiary/aromatic N) is 5. The van der Waals surface area contributed by atoms with E-state index in [2.05, 4.69) is 9.97 Å². The number of pyridine rings is 2. The topological polar surface area (TPSA) is 119 Å². The number of aryl methyl sites for hydroxylation is 1. The largest absolute Gasteiger partial charge is 0.488 e. The molecular weight excluding hydrogens is 459 g/mol. The number of aromatic nitrogens is 2. The van der Waals surface area contributed by atoms with Gasteiger partial charge in [-0.25, -0.2) is 9.97 Å². The Labute approximate surface area is 192 Å². The van der Waals surface area contributed by atoms with Gasteiger partial charge in [-0.2, -0.15) is 13.2 Å². The first-order chi connectivity index (χ1) is 15.9. The fraction of sp³-hybridized carbons (Fsp3) is 0.429. The van der Waals surface area contributed by atoms with E-state index in [4.69, 9.17) is 4.74 Å². The van der Waals surface area contributed by atoms with Gasteiger partial charge in [-0.1, -0.05) is 0 Å². The zero-order chi connectivity index (χ0) is 24.9. The fourth-order valence-corrected chi connectivity index (χ4v) is 3.91. The number of anilines is 3. The molecule has 0 radical (unpaired) electrons. The van der Waals surface area contributed by atoms with Crippen molar-refractivity contribution in [2.45, 2.75) is 31.3 Å². The van der Waals surface area contributed by atoms with Crippen molar-refractivity contribution < 1.29 is 37.7 Å². The number of alkyl halides is 3. The summed E-state index contributed by atoms with van der Waals surface area (Å²) in [4.78, 5) is 37.9. The van der Waals surface area contributed by atoms with Crippen LogP contribution in [-0.2, 0) is 15.8 Å². The van der Waals surface area contributed by atoms with Gasteiger partial charge < -0.3 is 19.8 Å². The third kappa shape index (κ3) is 4.01. The Morgan fingerprint density at radius 1 is 1.24 bits per heavy atom. The van der Waals surface area contributed by atoms with Crippen molar-refractivity contribution in [1.82, 2.24) is 9.97 Å². The summed E-state index contributed by atoms with van der Waals surface area (Å²) in [7, 11) is 3.13. The highest BCUT2D eigenvalue weighted by molar-refractivity contribution is 6.10. The zero-order valence-electron chi connectivity index (χ0n) is 18.4. The van der Waals surface area contributed by atoms with Crippen LogP contribution in [0.1, 0.15) is 11.3 Å². The summed E-state index contributed by atoms with van der Waals surface area (Å²) in [6, 6.07) is 2.76. The quantitative estimate of drug-likeness (QED) is 0.659. The molecule has 0 aromatic carbocycles. The van der Waals surface area contributed by atoms with Crippen molar-refractivity contribution in [2.24, 2.45) is 0 Å². The van der Waals surface area contributed by atoms with E-state index >= 15 is 0 Å². The Bertz CT molecular complexity index is 1140. The predicted octanol–water partition coefficient (Wildman–Crippen LogP) is 0.732. The normalized spacial score (nSPS) is 22.5. The maximum atomic E-state index is 13.4. The summed E-state index contributed by atoms with van der Waals surface area (Å²) in [5, 5.41) is 20.7. The maximum absolute atomic E-state index is 13.4. The van der Waals surface area contributed by atoms with E-state index in [0.717, 1.165) is 11.0 Å². The van der Waals surface area contributed by atoms with Crippen LogP contribution in [0.4, 0.5) is 30.6 Å². The molecule has 2 amide bonds. The number of halogens is 3. The Balaban J connectivity index is 1.72. The molecule has 34 heavy (non-hydrogen) atoms. The number of amides is 2. The molecule has 4 heterocycles. The second-order valence-electron chi connectivity index (χ2n) is 8.10. The number of hydrogen-bond acceptors (Lipinski definition) is 8. The average Bonchev–Trinajstić information content (AvgIpc) is 3.01. The molecule has 4 rings (SSSR count). The summed E-state index contributed by atoms with van der Waals surface area (Å²) in [5.41, 5.74) is -1.15. The first-order valence-electron chi connectivity index (χ1n) is 10.3. The molecule has 0 aliphatic carbocycles. The molecule has 2 aromatic heterocycles. The summed E-state index contributed by atoms with van der Waals surface area (Å²) < 4.78 is 45.5.